The van der Waals surface area contributed by atoms with E-state index in [4.69, 9.17) is 44.1 Å². The number of aromatic nitrogens is 8. The van der Waals surface area contributed by atoms with E-state index in [0.29, 0.717) is 58.0 Å². The summed E-state index contributed by atoms with van der Waals surface area (Å²) in [6.07, 6.45) is 6.81. The molecule has 4 aromatic heterocycles. The molecule has 2 aliphatic heterocycles. The molecular weight excluding hydrogens is 583 g/mol. The lowest BCUT2D eigenvalue weighted by atomic mass is 9.94. The van der Waals surface area contributed by atoms with E-state index in [2.05, 4.69) is 50.7 Å². The number of imidazole rings is 2. The topological polar surface area (TPSA) is 178 Å². The van der Waals surface area contributed by atoms with E-state index in [0.717, 1.165) is 19.3 Å². The average molecular weight is 618 g/mol. The summed E-state index contributed by atoms with van der Waals surface area (Å²) in [5.74, 6) is 3.00. The van der Waals surface area contributed by atoms with Crippen LogP contribution >= 0.6 is 23.2 Å². The molecule has 10 atom stereocenters. The Labute approximate surface area is 252 Å². The van der Waals surface area contributed by atoms with Crippen LogP contribution in [-0.4, -0.2) is 62.5 Å². The Kier molecular flexibility index (Phi) is 6.93. The van der Waals surface area contributed by atoms with Crippen molar-refractivity contribution >= 4 is 57.4 Å². The van der Waals surface area contributed by atoms with E-state index in [-0.39, 0.29) is 40.8 Å². The largest absolute Gasteiger partial charge is 0.390 e. The quantitative estimate of drug-likeness (QED) is 0.277. The normalized spacial score (nSPS) is 35.5. The van der Waals surface area contributed by atoms with Crippen LogP contribution in [0.25, 0.3) is 22.3 Å². The van der Waals surface area contributed by atoms with Crippen LogP contribution in [0, 0.1) is 29.6 Å². The van der Waals surface area contributed by atoms with Gasteiger partial charge >= 0.3 is 0 Å². The van der Waals surface area contributed by atoms with E-state index in [1.165, 1.54) is 6.42 Å². The zero-order valence-electron chi connectivity index (χ0n) is 23.5. The van der Waals surface area contributed by atoms with Gasteiger partial charge < -0.3 is 26.0 Å². The molecular formula is C27H34Cl2N10O3. The second-order valence-corrected chi connectivity index (χ2v) is 13.0. The molecule has 224 valence electrons. The molecule has 8 rings (SSSR count). The number of ether oxygens (including phenoxy) is 2. The summed E-state index contributed by atoms with van der Waals surface area (Å²) < 4.78 is 16.1. The SMILES string of the molecule is C[C@@H]1C[C@@H](C)[C@H]2OC(n3cnc4c(Cl)nc(N)nc43)C[C@H]21.C[C@@H]1C[C@@H](O)[C@H]2O[C@H](n3cnc4c(Cl)nc(N)nc43)C[C@H]21. The maximum absolute atomic E-state index is 10.1. The molecule has 2 saturated heterocycles. The lowest BCUT2D eigenvalue weighted by Gasteiger charge is -2.17. The Hall–Kier alpha value is -2.84. The van der Waals surface area contributed by atoms with Gasteiger partial charge in [-0.25, -0.2) is 9.97 Å². The van der Waals surface area contributed by atoms with E-state index in [9.17, 15) is 5.11 Å². The Morgan fingerprint density at radius 2 is 1.19 bits per heavy atom. The minimum atomic E-state index is -0.395. The second-order valence-electron chi connectivity index (χ2n) is 12.3. The van der Waals surface area contributed by atoms with Crippen molar-refractivity contribution in [1.29, 1.82) is 0 Å². The Morgan fingerprint density at radius 1 is 0.714 bits per heavy atom. The van der Waals surface area contributed by atoms with Crippen LogP contribution in [0.5, 0.6) is 0 Å². The number of hydrogen-bond donors (Lipinski definition) is 3. The zero-order chi connectivity index (χ0) is 29.4. The molecule has 13 nitrogen and oxygen atoms in total. The Morgan fingerprint density at radius 3 is 1.69 bits per heavy atom. The van der Waals surface area contributed by atoms with Gasteiger partial charge in [0.1, 0.15) is 23.5 Å². The molecule has 42 heavy (non-hydrogen) atoms. The molecule has 0 radical (unpaired) electrons. The van der Waals surface area contributed by atoms with Crippen molar-refractivity contribution in [2.45, 2.75) is 77.2 Å². The highest BCUT2D eigenvalue weighted by molar-refractivity contribution is 6.34. The van der Waals surface area contributed by atoms with Crippen LogP contribution < -0.4 is 11.5 Å². The maximum Gasteiger partial charge on any atom is 0.223 e. The summed E-state index contributed by atoms with van der Waals surface area (Å²) in [6.45, 7) is 6.74. The van der Waals surface area contributed by atoms with Crippen LogP contribution in [0.1, 0.15) is 58.9 Å². The summed E-state index contributed by atoms with van der Waals surface area (Å²) in [5.41, 5.74) is 13.7. The van der Waals surface area contributed by atoms with Crippen LogP contribution in [0.3, 0.4) is 0 Å². The minimum Gasteiger partial charge on any atom is -0.390 e. The van der Waals surface area contributed by atoms with Gasteiger partial charge in [0, 0.05) is 0 Å². The van der Waals surface area contributed by atoms with E-state index < -0.39 is 6.10 Å². The summed E-state index contributed by atoms with van der Waals surface area (Å²) >= 11 is 12.1. The fourth-order valence-electron chi connectivity index (χ4n) is 7.61. The highest BCUT2D eigenvalue weighted by Crippen LogP contribution is 2.50. The Bertz CT molecular complexity index is 1500. The minimum absolute atomic E-state index is 0.0411. The molecule has 1 unspecified atom stereocenters. The van der Waals surface area contributed by atoms with E-state index in [1.807, 2.05) is 9.13 Å². The third-order valence-corrected chi connectivity index (χ3v) is 10.1. The van der Waals surface area contributed by atoms with Gasteiger partial charge in [-0.05, 0) is 55.3 Å². The van der Waals surface area contributed by atoms with Gasteiger partial charge in [-0.1, -0.05) is 44.0 Å². The highest BCUT2D eigenvalue weighted by Gasteiger charge is 2.49. The number of halogens is 2. The third kappa shape index (κ3) is 4.57. The molecule has 0 amide bonds. The summed E-state index contributed by atoms with van der Waals surface area (Å²) in [5, 5.41) is 10.6. The van der Waals surface area contributed by atoms with E-state index >= 15 is 0 Å². The van der Waals surface area contributed by atoms with Gasteiger partial charge in [-0.2, -0.15) is 19.9 Å². The highest BCUT2D eigenvalue weighted by atomic mass is 35.5. The molecule has 2 aliphatic carbocycles. The first kappa shape index (κ1) is 28.0. The van der Waals surface area contributed by atoms with E-state index in [1.54, 1.807) is 12.7 Å². The lowest BCUT2D eigenvalue weighted by Crippen LogP contribution is -2.23. The van der Waals surface area contributed by atoms with Gasteiger partial charge in [0.25, 0.3) is 0 Å². The zero-order valence-corrected chi connectivity index (χ0v) is 25.0. The van der Waals surface area contributed by atoms with Crippen molar-refractivity contribution in [2.24, 2.45) is 29.6 Å². The first-order valence-corrected chi connectivity index (χ1v) is 15.1. The van der Waals surface area contributed by atoms with Crippen molar-refractivity contribution in [3.8, 4) is 0 Å². The molecule has 2 saturated carbocycles. The molecule has 4 fully saturated rings. The predicted molar refractivity (Wildman–Crippen MR) is 156 cm³/mol. The number of anilines is 2. The number of nitrogens with two attached hydrogens (primary N) is 2. The molecule has 5 N–H and O–H groups in total. The third-order valence-electron chi connectivity index (χ3n) is 9.59. The number of nitrogen functional groups attached to an aromatic ring is 2. The van der Waals surface area contributed by atoms with Crippen LogP contribution in [0.4, 0.5) is 11.9 Å². The lowest BCUT2D eigenvalue weighted by molar-refractivity contribution is -0.0525. The summed E-state index contributed by atoms with van der Waals surface area (Å²) in [4.78, 5) is 24.9. The van der Waals surface area contributed by atoms with Crippen molar-refractivity contribution in [1.82, 2.24) is 39.0 Å². The fraction of sp³-hybridized carbons (Fsp3) is 0.630. The summed E-state index contributed by atoms with van der Waals surface area (Å²) in [7, 11) is 0. The number of fused-ring (bicyclic) bond motifs is 4. The number of nitrogens with zero attached hydrogens (tertiary/aromatic N) is 8. The molecule has 6 heterocycles. The van der Waals surface area contributed by atoms with Gasteiger partial charge in [0.2, 0.25) is 11.9 Å². The first-order chi connectivity index (χ1) is 20.1. The monoisotopic (exact) mass is 616 g/mol. The summed E-state index contributed by atoms with van der Waals surface area (Å²) in [6, 6.07) is 0. The van der Waals surface area contributed by atoms with Gasteiger partial charge in [-0.15, -0.1) is 0 Å². The molecule has 4 aromatic rings. The Balaban J connectivity index is 0.000000137. The molecule has 0 aromatic carbocycles. The van der Waals surface area contributed by atoms with Crippen molar-refractivity contribution in [3.05, 3.63) is 23.0 Å². The predicted octanol–water partition coefficient (Wildman–Crippen LogP) is 4.01. The number of aliphatic hydroxyl groups is 1. The van der Waals surface area contributed by atoms with Crippen LogP contribution in [-0.2, 0) is 9.47 Å². The number of rotatable bonds is 2. The smallest absolute Gasteiger partial charge is 0.223 e. The second kappa shape index (κ2) is 10.4. The van der Waals surface area contributed by atoms with Crippen molar-refractivity contribution < 1.29 is 14.6 Å². The standard InChI is InChI=1S/C14H18ClN5O.C13H16ClN5O2/c1-6-3-7(2)11-8(6)4-9(21-11)20-5-17-10-12(15)18-14(16)19-13(10)20;1-5-2-7(20)10-6(5)3-8(21-10)19-4-16-9-11(14)17-13(15)18-12(9)19/h5-9,11H,3-4H2,1-2H3,(H2,16,18,19);4-8,10,20H,2-3H2,1H3,(H2,15,17,18)/t6-,7-,8+,9?,11-;5-,6+,7-,8+,10+/m11/s1. The molecule has 0 spiro atoms. The van der Waals surface area contributed by atoms with Crippen molar-refractivity contribution in [2.75, 3.05) is 11.5 Å². The first-order valence-electron chi connectivity index (χ1n) is 14.4. The number of aliphatic hydroxyl groups excluding tert-OH is 1. The van der Waals surface area contributed by atoms with Crippen LogP contribution in [0.15, 0.2) is 12.7 Å². The fourth-order valence-corrected chi connectivity index (χ4v) is 8.05. The molecule has 4 aliphatic rings. The molecule has 15 heteroatoms. The van der Waals surface area contributed by atoms with Gasteiger partial charge in [0.15, 0.2) is 21.6 Å². The van der Waals surface area contributed by atoms with Crippen molar-refractivity contribution in [3.63, 3.8) is 0 Å². The maximum atomic E-state index is 10.1. The van der Waals surface area contributed by atoms with Gasteiger partial charge in [0.05, 0.1) is 31.0 Å². The number of hydrogen-bond acceptors (Lipinski definition) is 11. The molecule has 0 bridgehead atoms. The van der Waals surface area contributed by atoms with Gasteiger partial charge in [-0.3, -0.25) is 9.13 Å². The van der Waals surface area contributed by atoms with Crippen LogP contribution in [0.2, 0.25) is 10.3 Å². The average Bonchev–Trinajstić information content (AvgIpc) is 3.74.